The Kier molecular flexibility index (Phi) is 3.13. The Morgan fingerprint density at radius 2 is 1.90 bits per heavy atom. The first kappa shape index (κ1) is 12.5. The van der Waals surface area contributed by atoms with Gasteiger partial charge in [0, 0.05) is 17.9 Å². The Bertz CT molecular complexity index is 742. The minimum atomic E-state index is 0.269. The molecule has 1 aromatic heterocycles. The average Bonchev–Trinajstić information content (AvgIpc) is 3.25. The SMILES string of the molecule is c1ccc(Cc2cc3ccc(OCC4CO4)cc3o2)cc1. The van der Waals surface area contributed by atoms with E-state index in [1.807, 2.05) is 36.4 Å². The van der Waals surface area contributed by atoms with Crippen LogP contribution in [0, 0.1) is 0 Å². The molecule has 0 bridgehead atoms. The Morgan fingerprint density at radius 3 is 2.71 bits per heavy atom. The third-order valence-electron chi connectivity index (χ3n) is 3.60. The highest BCUT2D eigenvalue weighted by Gasteiger charge is 2.23. The van der Waals surface area contributed by atoms with Crippen molar-refractivity contribution in [2.24, 2.45) is 0 Å². The molecule has 106 valence electrons. The Hall–Kier alpha value is -2.26. The van der Waals surface area contributed by atoms with Crippen LogP contribution < -0.4 is 4.74 Å². The molecule has 0 radical (unpaired) electrons. The lowest BCUT2D eigenvalue weighted by atomic mass is 10.1. The van der Waals surface area contributed by atoms with Gasteiger partial charge >= 0.3 is 0 Å². The van der Waals surface area contributed by atoms with E-state index in [9.17, 15) is 0 Å². The molecule has 21 heavy (non-hydrogen) atoms. The van der Waals surface area contributed by atoms with E-state index in [1.54, 1.807) is 0 Å². The van der Waals surface area contributed by atoms with E-state index in [1.165, 1.54) is 5.56 Å². The Labute approximate surface area is 123 Å². The van der Waals surface area contributed by atoms with Crippen molar-refractivity contribution in [2.45, 2.75) is 12.5 Å². The van der Waals surface area contributed by atoms with Gasteiger partial charge in [-0.1, -0.05) is 30.3 Å². The molecular formula is C18H16O3. The number of hydrogen-bond acceptors (Lipinski definition) is 3. The fourth-order valence-corrected chi connectivity index (χ4v) is 2.39. The molecule has 1 atom stereocenters. The summed E-state index contributed by atoms with van der Waals surface area (Å²) in [6, 6.07) is 18.4. The third-order valence-corrected chi connectivity index (χ3v) is 3.60. The predicted octanol–water partition coefficient (Wildman–Crippen LogP) is 3.80. The lowest BCUT2D eigenvalue weighted by molar-refractivity contribution is 0.263. The van der Waals surface area contributed by atoms with E-state index in [0.29, 0.717) is 6.61 Å². The average molecular weight is 280 g/mol. The minimum Gasteiger partial charge on any atom is -0.491 e. The Balaban J connectivity index is 1.54. The zero-order valence-corrected chi connectivity index (χ0v) is 11.6. The van der Waals surface area contributed by atoms with Crippen LogP contribution in [0.15, 0.2) is 59.0 Å². The molecule has 3 nitrogen and oxygen atoms in total. The summed E-state index contributed by atoms with van der Waals surface area (Å²) in [5.74, 6) is 1.80. The van der Waals surface area contributed by atoms with Crippen molar-refractivity contribution < 1.29 is 13.9 Å². The van der Waals surface area contributed by atoms with Crippen LogP contribution in [-0.2, 0) is 11.2 Å². The van der Waals surface area contributed by atoms with Gasteiger partial charge in [-0.2, -0.15) is 0 Å². The van der Waals surface area contributed by atoms with Crippen LogP contribution in [0.4, 0.5) is 0 Å². The maximum Gasteiger partial charge on any atom is 0.137 e. The van der Waals surface area contributed by atoms with E-state index in [0.717, 1.165) is 35.5 Å². The number of hydrogen-bond donors (Lipinski definition) is 0. The summed E-state index contributed by atoms with van der Waals surface area (Å²) < 4.78 is 16.7. The standard InChI is InChI=1S/C18H16O3/c1-2-4-13(5-3-1)8-16-9-14-6-7-15(10-18(14)21-16)19-11-17-12-20-17/h1-7,9-10,17H,8,11-12H2. The van der Waals surface area contributed by atoms with Gasteiger partial charge in [0.1, 0.15) is 29.8 Å². The van der Waals surface area contributed by atoms with Crippen LogP contribution in [-0.4, -0.2) is 19.3 Å². The second kappa shape index (κ2) is 5.26. The molecule has 0 spiro atoms. The van der Waals surface area contributed by atoms with Crippen LogP contribution in [0.2, 0.25) is 0 Å². The molecule has 1 unspecified atom stereocenters. The van der Waals surface area contributed by atoms with Crippen LogP contribution in [0.3, 0.4) is 0 Å². The maximum absolute atomic E-state index is 5.92. The molecule has 0 aliphatic carbocycles. The number of benzene rings is 2. The van der Waals surface area contributed by atoms with Crippen molar-refractivity contribution in [3.05, 3.63) is 65.9 Å². The topological polar surface area (TPSA) is 34.9 Å². The van der Waals surface area contributed by atoms with Gasteiger partial charge in [0.25, 0.3) is 0 Å². The van der Waals surface area contributed by atoms with E-state index in [-0.39, 0.29) is 6.10 Å². The summed E-state index contributed by atoms with van der Waals surface area (Å²) in [5.41, 5.74) is 2.12. The molecule has 1 saturated heterocycles. The molecule has 2 aromatic carbocycles. The van der Waals surface area contributed by atoms with Crippen molar-refractivity contribution in [2.75, 3.05) is 13.2 Å². The molecule has 1 fully saturated rings. The van der Waals surface area contributed by atoms with Gasteiger partial charge in [0.2, 0.25) is 0 Å². The number of epoxide rings is 1. The highest BCUT2D eigenvalue weighted by atomic mass is 16.6. The number of fused-ring (bicyclic) bond motifs is 1. The van der Waals surface area contributed by atoms with Crippen LogP contribution in [0.25, 0.3) is 11.0 Å². The van der Waals surface area contributed by atoms with Crippen molar-refractivity contribution in [3.8, 4) is 5.75 Å². The van der Waals surface area contributed by atoms with Gasteiger partial charge in [-0.25, -0.2) is 0 Å². The largest absolute Gasteiger partial charge is 0.491 e. The number of ether oxygens (including phenoxy) is 2. The van der Waals surface area contributed by atoms with Crippen molar-refractivity contribution in [3.63, 3.8) is 0 Å². The zero-order chi connectivity index (χ0) is 14.1. The van der Waals surface area contributed by atoms with Crippen molar-refractivity contribution >= 4 is 11.0 Å². The summed E-state index contributed by atoms with van der Waals surface area (Å²) in [6.07, 6.45) is 1.08. The molecule has 1 aliphatic heterocycles. The fourth-order valence-electron chi connectivity index (χ4n) is 2.39. The van der Waals surface area contributed by atoms with Crippen molar-refractivity contribution in [1.29, 1.82) is 0 Å². The molecule has 0 amide bonds. The molecule has 3 aromatic rings. The lowest BCUT2D eigenvalue weighted by Crippen LogP contribution is -2.03. The second-order valence-electron chi connectivity index (χ2n) is 5.34. The lowest BCUT2D eigenvalue weighted by Gasteiger charge is -2.02. The molecule has 0 saturated carbocycles. The smallest absolute Gasteiger partial charge is 0.137 e. The molecule has 1 aliphatic rings. The molecule has 2 heterocycles. The van der Waals surface area contributed by atoms with Crippen LogP contribution in [0.1, 0.15) is 11.3 Å². The first-order valence-corrected chi connectivity index (χ1v) is 7.18. The van der Waals surface area contributed by atoms with Crippen molar-refractivity contribution in [1.82, 2.24) is 0 Å². The molecule has 0 N–H and O–H groups in total. The summed E-state index contributed by atoms with van der Waals surface area (Å²) in [6.45, 7) is 1.42. The first-order chi connectivity index (χ1) is 10.4. The maximum atomic E-state index is 5.92. The summed E-state index contributed by atoms with van der Waals surface area (Å²) in [5, 5.41) is 1.11. The summed E-state index contributed by atoms with van der Waals surface area (Å²) >= 11 is 0. The normalized spacial score (nSPS) is 17.0. The highest BCUT2D eigenvalue weighted by molar-refractivity contribution is 5.79. The summed E-state index contributed by atoms with van der Waals surface area (Å²) in [7, 11) is 0. The van der Waals surface area contributed by atoms with Gasteiger partial charge in [0.05, 0.1) is 6.61 Å². The fraction of sp³-hybridized carbons (Fsp3) is 0.222. The molecule has 3 heteroatoms. The Morgan fingerprint density at radius 1 is 1.05 bits per heavy atom. The highest BCUT2D eigenvalue weighted by Crippen LogP contribution is 2.26. The molecular weight excluding hydrogens is 264 g/mol. The van der Waals surface area contributed by atoms with E-state index >= 15 is 0 Å². The minimum absolute atomic E-state index is 0.269. The van der Waals surface area contributed by atoms with E-state index in [4.69, 9.17) is 13.9 Å². The first-order valence-electron chi connectivity index (χ1n) is 7.18. The van der Waals surface area contributed by atoms with Gasteiger partial charge < -0.3 is 13.9 Å². The van der Waals surface area contributed by atoms with Gasteiger partial charge in [0.15, 0.2) is 0 Å². The summed E-state index contributed by atoms with van der Waals surface area (Å²) in [4.78, 5) is 0. The predicted molar refractivity (Wildman–Crippen MR) is 80.7 cm³/mol. The second-order valence-corrected chi connectivity index (χ2v) is 5.34. The third kappa shape index (κ3) is 2.93. The monoisotopic (exact) mass is 280 g/mol. The zero-order valence-electron chi connectivity index (χ0n) is 11.6. The van der Waals surface area contributed by atoms with E-state index in [2.05, 4.69) is 18.2 Å². The van der Waals surface area contributed by atoms with E-state index < -0.39 is 0 Å². The quantitative estimate of drug-likeness (QED) is 0.667. The van der Waals surface area contributed by atoms with Crippen LogP contribution in [0.5, 0.6) is 5.75 Å². The molecule has 4 rings (SSSR count). The van der Waals surface area contributed by atoms with Gasteiger partial charge in [-0.15, -0.1) is 0 Å². The van der Waals surface area contributed by atoms with Gasteiger partial charge in [-0.05, 0) is 23.8 Å². The number of rotatable bonds is 5. The van der Waals surface area contributed by atoms with Gasteiger partial charge in [-0.3, -0.25) is 0 Å². The number of furan rings is 1. The van der Waals surface area contributed by atoms with Crippen LogP contribution >= 0.6 is 0 Å².